The van der Waals surface area contributed by atoms with Crippen LogP contribution in [0.15, 0.2) is 59.5 Å². The van der Waals surface area contributed by atoms with Crippen molar-refractivity contribution in [3.63, 3.8) is 0 Å². The molecule has 0 radical (unpaired) electrons. The number of pyridine rings is 1. The van der Waals surface area contributed by atoms with E-state index in [0.29, 0.717) is 5.69 Å². The van der Waals surface area contributed by atoms with Crippen LogP contribution in [0.5, 0.6) is 11.5 Å². The van der Waals surface area contributed by atoms with Crippen molar-refractivity contribution >= 4 is 29.2 Å². The number of hydrogen-bond acceptors (Lipinski definition) is 6. The number of carboxylic acids is 1. The Morgan fingerprint density at radius 3 is 2.27 bits per heavy atom. The number of benzene rings is 2. The Bertz CT molecular complexity index is 1420. The van der Waals surface area contributed by atoms with Crippen LogP contribution in [0.1, 0.15) is 43.6 Å². The predicted octanol–water partition coefficient (Wildman–Crippen LogP) is 5.86. The fraction of sp³-hybridized carbons (Fsp3) is 0.321. The predicted molar refractivity (Wildman–Crippen MR) is 146 cm³/mol. The molecule has 0 spiro atoms. The van der Waals surface area contributed by atoms with Gasteiger partial charge in [0.1, 0.15) is 17.5 Å². The number of carboxylic acid groups (broad SMARTS) is 1. The highest BCUT2D eigenvalue weighted by atomic mass is 35.5. The van der Waals surface area contributed by atoms with E-state index >= 15 is 0 Å². The minimum Gasteiger partial charge on any atom is -0.495 e. The molecule has 1 aromatic heterocycles. The summed E-state index contributed by atoms with van der Waals surface area (Å²) >= 11 is 6.09. The van der Waals surface area contributed by atoms with Gasteiger partial charge >= 0.3 is 12.6 Å². The van der Waals surface area contributed by atoms with Gasteiger partial charge in [-0.25, -0.2) is 4.79 Å². The lowest BCUT2D eigenvalue weighted by Gasteiger charge is -2.24. The Balaban J connectivity index is 2.04. The molecule has 0 aliphatic rings. The highest BCUT2D eigenvalue weighted by Gasteiger charge is 2.26. The van der Waals surface area contributed by atoms with Crippen molar-refractivity contribution in [2.45, 2.75) is 45.4 Å². The van der Waals surface area contributed by atoms with Gasteiger partial charge < -0.3 is 24.6 Å². The van der Waals surface area contributed by atoms with E-state index < -0.39 is 35.7 Å². The molecule has 1 amide bonds. The molecular formula is C28H29ClF2N2O7. The number of methoxy groups -OCH3 is 1. The second-order valence-corrected chi connectivity index (χ2v) is 10.1. The average molecular weight is 579 g/mol. The van der Waals surface area contributed by atoms with E-state index in [-0.39, 0.29) is 46.2 Å². The first kappa shape index (κ1) is 30.6. The van der Waals surface area contributed by atoms with Crippen LogP contribution in [-0.2, 0) is 9.53 Å². The first-order valence-corrected chi connectivity index (χ1v) is 12.5. The lowest BCUT2D eigenvalue weighted by Crippen LogP contribution is -2.34. The smallest absolute Gasteiger partial charge is 0.387 e. The fourth-order valence-corrected chi connectivity index (χ4v) is 4.02. The van der Waals surface area contributed by atoms with Crippen LogP contribution in [-0.4, -0.2) is 47.5 Å². The molecule has 0 bridgehead atoms. The Hall–Kier alpha value is -3.96. The molecule has 214 valence electrons. The number of amides is 1. The van der Waals surface area contributed by atoms with Crippen molar-refractivity contribution in [3.8, 4) is 22.6 Å². The number of carbonyl (C=O) groups is 2. The zero-order valence-electron chi connectivity index (χ0n) is 22.2. The van der Waals surface area contributed by atoms with Crippen molar-refractivity contribution in [1.82, 2.24) is 4.57 Å². The molecule has 9 nitrogen and oxygen atoms in total. The van der Waals surface area contributed by atoms with Crippen LogP contribution in [0.4, 0.5) is 14.5 Å². The number of halogens is 3. The Morgan fingerprint density at radius 1 is 1.05 bits per heavy atom. The summed E-state index contributed by atoms with van der Waals surface area (Å²) in [5.74, 6) is -1.80. The van der Waals surface area contributed by atoms with E-state index in [1.165, 1.54) is 55.8 Å². The van der Waals surface area contributed by atoms with Crippen LogP contribution < -0.4 is 20.3 Å². The van der Waals surface area contributed by atoms with Gasteiger partial charge in [0, 0.05) is 40.9 Å². The molecule has 3 aromatic rings. The first-order chi connectivity index (χ1) is 18.8. The standard InChI is InChI=1S/C28H29ClF2N2O7/c1-28(2,3)39-12-11-21(25(35)32-18-8-5-16(6-9-18)26(36)37)33-15-23(38-4)20(14-24(33)34)19-13-17(29)7-10-22(19)40-27(30)31/h5-10,13-15,21,27H,11-12H2,1-4H3,(H,32,35)(H,36,37). The summed E-state index contributed by atoms with van der Waals surface area (Å²) in [6.45, 7) is 2.55. The summed E-state index contributed by atoms with van der Waals surface area (Å²) in [5, 5.41) is 12.0. The number of carbonyl (C=O) groups excluding carboxylic acids is 1. The number of hydrogen-bond donors (Lipinski definition) is 2. The minimum absolute atomic E-state index is 0.0425. The monoisotopic (exact) mass is 578 g/mol. The van der Waals surface area contributed by atoms with Gasteiger partial charge in [-0.3, -0.25) is 14.2 Å². The Kier molecular flexibility index (Phi) is 9.88. The molecule has 0 saturated carbocycles. The van der Waals surface area contributed by atoms with Crippen LogP contribution >= 0.6 is 11.6 Å². The molecule has 1 unspecified atom stereocenters. The first-order valence-electron chi connectivity index (χ1n) is 12.1. The summed E-state index contributed by atoms with van der Waals surface area (Å²) in [4.78, 5) is 37.9. The molecule has 0 aliphatic heterocycles. The molecular weight excluding hydrogens is 550 g/mol. The maximum Gasteiger partial charge on any atom is 0.387 e. The number of alkyl halides is 2. The average Bonchev–Trinajstić information content (AvgIpc) is 2.87. The molecule has 2 aromatic carbocycles. The van der Waals surface area contributed by atoms with E-state index in [1.54, 1.807) is 0 Å². The zero-order valence-corrected chi connectivity index (χ0v) is 23.0. The molecule has 0 aliphatic carbocycles. The van der Waals surface area contributed by atoms with Gasteiger partial charge in [0.15, 0.2) is 0 Å². The summed E-state index contributed by atoms with van der Waals surface area (Å²) in [5.41, 5.74) is -0.535. The largest absolute Gasteiger partial charge is 0.495 e. The number of aromatic nitrogens is 1. The minimum atomic E-state index is -3.12. The van der Waals surface area contributed by atoms with Crippen molar-refractivity contribution in [2.24, 2.45) is 0 Å². The quantitative estimate of drug-likeness (QED) is 0.293. The summed E-state index contributed by atoms with van der Waals surface area (Å²) in [7, 11) is 1.33. The van der Waals surface area contributed by atoms with Crippen molar-refractivity contribution in [1.29, 1.82) is 0 Å². The molecule has 12 heteroatoms. The third-order valence-corrected chi connectivity index (χ3v) is 5.91. The Morgan fingerprint density at radius 2 is 1.70 bits per heavy atom. The van der Waals surface area contributed by atoms with Crippen molar-refractivity contribution in [3.05, 3.63) is 75.7 Å². The van der Waals surface area contributed by atoms with E-state index in [1.807, 2.05) is 20.8 Å². The van der Waals surface area contributed by atoms with E-state index in [4.69, 9.17) is 26.2 Å². The SMILES string of the molecule is COc1cn(C(CCOC(C)(C)C)C(=O)Nc2ccc(C(=O)O)cc2)c(=O)cc1-c1cc(Cl)ccc1OC(F)F. The van der Waals surface area contributed by atoms with E-state index in [9.17, 15) is 23.2 Å². The van der Waals surface area contributed by atoms with Crippen LogP contribution in [0.25, 0.3) is 11.1 Å². The second kappa shape index (κ2) is 12.9. The highest BCUT2D eigenvalue weighted by Crippen LogP contribution is 2.38. The summed E-state index contributed by atoms with van der Waals surface area (Å²) in [6.07, 6.45) is 1.40. The second-order valence-electron chi connectivity index (χ2n) is 9.66. The molecule has 0 saturated heterocycles. The topological polar surface area (TPSA) is 116 Å². The third kappa shape index (κ3) is 8.03. The molecule has 1 atom stereocenters. The van der Waals surface area contributed by atoms with E-state index in [2.05, 4.69) is 10.1 Å². The number of anilines is 1. The van der Waals surface area contributed by atoms with Crippen molar-refractivity contribution in [2.75, 3.05) is 19.0 Å². The maximum atomic E-state index is 13.4. The lowest BCUT2D eigenvalue weighted by atomic mass is 10.0. The molecule has 0 fully saturated rings. The number of aromatic carboxylic acids is 1. The normalized spacial score (nSPS) is 12.2. The Labute approximate surface area is 234 Å². The highest BCUT2D eigenvalue weighted by molar-refractivity contribution is 6.31. The van der Waals surface area contributed by atoms with Crippen LogP contribution in [0.2, 0.25) is 5.02 Å². The zero-order chi connectivity index (χ0) is 29.6. The van der Waals surface area contributed by atoms with Gasteiger partial charge in [0.05, 0.1) is 24.5 Å². The van der Waals surface area contributed by atoms with Gasteiger partial charge in [-0.05, 0) is 63.2 Å². The molecule has 3 rings (SSSR count). The number of rotatable bonds is 11. The number of ether oxygens (including phenoxy) is 3. The van der Waals surface area contributed by atoms with Gasteiger partial charge in [0.2, 0.25) is 5.91 Å². The number of nitrogens with zero attached hydrogens (tertiary/aromatic N) is 1. The van der Waals surface area contributed by atoms with Gasteiger partial charge in [-0.15, -0.1) is 0 Å². The molecule has 2 N–H and O–H groups in total. The third-order valence-electron chi connectivity index (χ3n) is 5.68. The molecule has 1 heterocycles. The summed E-state index contributed by atoms with van der Waals surface area (Å²) < 4.78 is 43.1. The van der Waals surface area contributed by atoms with Gasteiger partial charge in [0.25, 0.3) is 5.56 Å². The summed E-state index contributed by atoms with van der Waals surface area (Å²) in [6, 6.07) is 9.60. The van der Waals surface area contributed by atoms with Gasteiger partial charge in [-0.2, -0.15) is 8.78 Å². The van der Waals surface area contributed by atoms with Crippen LogP contribution in [0.3, 0.4) is 0 Å². The lowest BCUT2D eigenvalue weighted by molar-refractivity contribution is -0.120. The van der Waals surface area contributed by atoms with Gasteiger partial charge in [-0.1, -0.05) is 11.6 Å². The number of nitrogens with one attached hydrogen (secondary N) is 1. The van der Waals surface area contributed by atoms with Crippen LogP contribution in [0, 0.1) is 0 Å². The fourth-order valence-electron chi connectivity index (χ4n) is 3.85. The maximum absolute atomic E-state index is 13.4. The van der Waals surface area contributed by atoms with Crippen molar-refractivity contribution < 1.29 is 37.7 Å². The van der Waals surface area contributed by atoms with E-state index in [0.717, 1.165) is 10.6 Å². The molecule has 40 heavy (non-hydrogen) atoms.